The number of H-pyrrole nitrogens is 1. The number of unbranched alkanes of at least 4 members (excludes halogenated alkanes) is 1. The molecule has 3 atom stereocenters. The molecule has 2 aliphatic rings. The maximum absolute atomic E-state index is 13.7. The number of tetrazole rings is 1. The van der Waals surface area contributed by atoms with Crippen LogP contribution in [0.1, 0.15) is 62.7 Å². The summed E-state index contributed by atoms with van der Waals surface area (Å²) in [6.07, 6.45) is 13.5. The number of aliphatic hydroxyl groups is 1. The molecule has 1 aliphatic heterocycles. The quantitative estimate of drug-likeness (QED) is 0.535. The fraction of sp³-hybridized carbons (Fsp3) is 0.480. The highest BCUT2D eigenvalue weighted by molar-refractivity contribution is 5.65. The first kappa shape index (κ1) is 22.5. The first-order chi connectivity index (χ1) is 16.6. The van der Waals surface area contributed by atoms with E-state index in [-0.39, 0.29) is 11.7 Å². The number of aromatic nitrogens is 6. The minimum atomic E-state index is -0.463. The van der Waals surface area contributed by atoms with Crippen LogP contribution in [-0.4, -0.2) is 47.2 Å². The van der Waals surface area contributed by atoms with Crippen molar-refractivity contribution in [2.24, 2.45) is 4.99 Å². The van der Waals surface area contributed by atoms with E-state index in [1.165, 1.54) is 0 Å². The van der Waals surface area contributed by atoms with Crippen LogP contribution in [-0.2, 0) is 18.4 Å². The third kappa shape index (κ3) is 4.16. The molecule has 1 aromatic carbocycles. The second-order valence-corrected chi connectivity index (χ2v) is 9.40. The van der Waals surface area contributed by atoms with Gasteiger partial charge in [0.1, 0.15) is 0 Å². The highest BCUT2D eigenvalue weighted by atomic mass is 16.3. The first-order valence-electron chi connectivity index (χ1n) is 12.1. The number of hydrogen-bond donors (Lipinski definition) is 2. The van der Waals surface area contributed by atoms with Crippen molar-refractivity contribution in [3.63, 3.8) is 0 Å². The van der Waals surface area contributed by atoms with Crippen molar-refractivity contribution < 1.29 is 5.11 Å². The summed E-state index contributed by atoms with van der Waals surface area (Å²) in [5.74, 6) is 0.604. The van der Waals surface area contributed by atoms with Gasteiger partial charge in [0.15, 0.2) is 5.82 Å². The van der Waals surface area contributed by atoms with E-state index in [2.05, 4.69) is 50.7 Å². The molecular weight excluding hydrogens is 430 g/mol. The van der Waals surface area contributed by atoms with Gasteiger partial charge in [-0.3, -0.25) is 14.1 Å². The zero-order valence-electron chi connectivity index (χ0n) is 19.5. The number of nitrogens with one attached hydrogen (secondary N) is 1. The molecule has 178 valence electrons. The molecule has 9 nitrogen and oxygen atoms in total. The zero-order valence-corrected chi connectivity index (χ0v) is 19.5. The van der Waals surface area contributed by atoms with Crippen LogP contribution < -0.4 is 5.69 Å². The van der Waals surface area contributed by atoms with E-state index < -0.39 is 11.5 Å². The summed E-state index contributed by atoms with van der Waals surface area (Å²) in [7, 11) is 0. The summed E-state index contributed by atoms with van der Waals surface area (Å²) < 4.78 is 3.71. The average molecular weight is 462 g/mol. The molecular formula is C25H31N7O2. The van der Waals surface area contributed by atoms with Crippen LogP contribution in [0.15, 0.2) is 52.5 Å². The van der Waals surface area contributed by atoms with Crippen LogP contribution in [0.2, 0.25) is 0 Å². The number of hydrogen-bond acceptors (Lipinski definition) is 6. The van der Waals surface area contributed by atoms with Crippen LogP contribution in [0.4, 0.5) is 0 Å². The fourth-order valence-electron chi connectivity index (χ4n) is 5.25. The van der Waals surface area contributed by atoms with Crippen molar-refractivity contribution in [1.82, 2.24) is 29.8 Å². The molecule has 0 spiro atoms. The Balaban J connectivity index is 1.57. The molecule has 1 saturated carbocycles. The van der Waals surface area contributed by atoms with Crippen molar-refractivity contribution in [3.8, 4) is 11.4 Å². The van der Waals surface area contributed by atoms with Crippen LogP contribution in [0.3, 0.4) is 0 Å². The highest BCUT2D eigenvalue weighted by Gasteiger charge is 2.35. The summed E-state index contributed by atoms with van der Waals surface area (Å²) in [5.41, 5.74) is 2.52. The summed E-state index contributed by atoms with van der Waals surface area (Å²) in [4.78, 5) is 18.0. The van der Waals surface area contributed by atoms with Crippen molar-refractivity contribution in [2.45, 2.75) is 76.0 Å². The third-order valence-corrected chi connectivity index (χ3v) is 7.21. The van der Waals surface area contributed by atoms with E-state index in [0.29, 0.717) is 18.8 Å². The lowest BCUT2D eigenvalue weighted by molar-refractivity contribution is 0.134. The summed E-state index contributed by atoms with van der Waals surface area (Å²) in [5, 5.41) is 24.8. The van der Waals surface area contributed by atoms with Gasteiger partial charge in [-0.1, -0.05) is 37.6 Å². The summed E-state index contributed by atoms with van der Waals surface area (Å²) in [6, 6.07) is 7.99. The smallest absolute Gasteiger partial charge is 0.328 e. The normalized spacial score (nSPS) is 24.2. The third-order valence-electron chi connectivity index (χ3n) is 7.21. The van der Waals surface area contributed by atoms with Gasteiger partial charge in [0.25, 0.3) is 0 Å². The summed E-state index contributed by atoms with van der Waals surface area (Å²) in [6.45, 7) is 2.66. The molecule has 0 radical (unpaired) electrons. The van der Waals surface area contributed by atoms with E-state index >= 15 is 0 Å². The molecule has 1 fully saturated rings. The Hall–Kier alpha value is -3.33. The number of aromatic amines is 1. The lowest BCUT2D eigenvalue weighted by Gasteiger charge is -2.32. The Morgan fingerprint density at radius 1 is 1.29 bits per heavy atom. The van der Waals surface area contributed by atoms with Gasteiger partial charge in [0.2, 0.25) is 0 Å². The Labute approximate surface area is 198 Å². The van der Waals surface area contributed by atoms with E-state index in [0.717, 1.165) is 55.3 Å². The van der Waals surface area contributed by atoms with Gasteiger partial charge in [-0.2, -0.15) is 0 Å². The molecule has 3 unspecified atom stereocenters. The molecule has 9 heteroatoms. The number of aryl methyl sites for hydroxylation is 1. The molecule has 3 aromatic rings. The minimum Gasteiger partial charge on any atom is -0.391 e. The number of allylic oxidation sites excluding steroid dienone is 1. The molecule has 34 heavy (non-hydrogen) atoms. The van der Waals surface area contributed by atoms with Crippen molar-refractivity contribution in [2.75, 3.05) is 0 Å². The zero-order chi connectivity index (χ0) is 23.5. The van der Waals surface area contributed by atoms with Gasteiger partial charge < -0.3 is 5.11 Å². The number of aliphatic hydroxyl groups excluding tert-OH is 1. The maximum Gasteiger partial charge on any atom is 0.328 e. The van der Waals surface area contributed by atoms with E-state index in [4.69, 9.17) is 0 Å². The predicted molar refractivity (Wildman–Crippen MR) is 130 cm³/mol. The second kappa shape index (κ2) is 9.50. The SMILES string of the molecule is CCCCc1cn(C2CCCC2O)c(=O)n1CC1(c2cccc(-c3nnn[nH]3)c2)C=CN=CC1. The Kier molecular flexibility index (Phi) is 6.28. The van der Waals surface area contributed by atoms with Gasteiger partial charge in [-0.05, 0) is 60.6 Å². The molecule has 2 N–H and O–H groups in total. The average Bonchev–Trinajstić information content (AvgIpc) is 3.61. The maximum atomic E-state index is 13.7. The Morgan fingerprint density at radius 2 is 2.21 bits per heavy atom. The number of nitrogens with zero attached hydrogens (tertiary/aromatic N) is 6. The van der Waals surface area contributed by atoms with Gasteiger partial charge in [0.05, 0.1) is 12.1 Å². The van der Waals surface area contributed by atoms with Crippen LogP contribution in [0, 0.1) is 0 Å². The monoisotopic (exact) mass is 461 g/mol. The number of benzene rings is 1. The molecule has 3 heterocycles. The number of imidazole rings is 1. The predicted octanol–water partition coefficient (Wildman–Crippen LogP) is 3.18. The van der Waals surface area contributed by atoms with E-state index in [1.54, 1.807) is 4.57 Å². The topological polar surface area (TPSA) is 114 Å². The largest absolute Gasteiger partial charge is 0.391 e. The standard InChI is InChI=1S/C25H31N7O2/c1-2-3-8-20-16-31(21-9-5-10-22(21)33)24(34)32(20)17-25(11-13-26-14-12-25)19-7-4-6-18(15-19)23-27-29-30-28-23/h4,6-7,11,13-16,21-22,33H,2-3,5,8-10,12,17H2,1H3,(H,27,28,29,30). The lowest BCUT2D eigenvalue weighted by atomic mass is 9.76. The molecule has 2 aromatic heterocycles. The summed E-state index contributed by atoms with van der Waals surface area (Å²) >= 11 is 0. The van der Waals surface area contributed by atoms with Crippen LogP contribution in [0.25, 0.3) is 11.4 Å². The van der Waals surface area contributed by atoms with Gasteiger partial charge in [-0.25, -0.2) is 9.89 Å². The lowest BCUT2D eigenvalue weighted by Crippen LogP contribution is -2.38. The molecule has 0 saturated heterocycles. The van der Waals surface area contributed by atoms with Gasteiger partial charge in [0, 0.05) is 41.8 Å². The van der Waals surface area contributed by atoms with Crippen LogP contribution >= 0.6 is 0 Å². The highest BCUT2D eigenvalue weighted by Crippen LogP contribution is 2.36. The second-order valence-electron chi connectivity index (χ2n) is 9.40. The first-order valence-corrected chi connectivity index (χ1v) is 12.1. The van der Waals surface area contributed by atoms with Crippen LogP contribution in [0.5, 0.6) is 0 Å². The van der Waals surface area contributed by atoms with Gasteiger partial charge >= 0.3 is 5.69 Å². The Bertz CT molecular complexity index is 1240. The van der Waals surface area contributed by atoms with Crippen molar-refractivity contribution in [1.29, 1.82) is 0 Å². The molecule has 5 rings (SSSR count). The van der Waals surface area contributed by atoms with E-state index in [1.807, 2.05) is 35.3 Å². The molecule has 1 aliphatic carbocycles. The Morgan fingerprint density at radius 3 is 2.91 bits per heavy atom. The van der Waals surface area contributed by atoms with Crippen molar-refractivity contribution in [3.05, 3.63) is 64.5 Å². The fourth-order valence-corrected chi connectivity index (χ4v) is 5.25. The number of aliphatic imine (C=N–C) groups is 1. The van der Waals surface area contributed by atoms with E-state index in [9.17, 15) is 9.90 Å². The number of rotatable bonds is 8. The molecule has 0 amide bonds. The molecule has 0 bridgehead atoms. The van der Waals surface area contributed by atoms with Crippen molar-refractivity contribution >= 4 is 6.21 Å². The minimum absolute atomic E-state index is 0.0390. The van der Waals surface area contributed by atoms with Gasteiger partial charge in [-0.15, -0.1) is 5.10 Å².